The summed E-state index contributed by atoms with van der Waals surface area (Å²) in [6.07, 6.45) is 0.450. The van der Waals surface area contributed by atoms with Crippen molar-refractivity contribution >= 4 is 21.9 Å². The van der Waals surface area contributed by atoms with Crippen LogP contribution in [0.5, 0.6) is 5.75 Å². The molecule has 0 heterocycles. The van der Waals surface area contributed by atoms with E-state index in [1.165, 1.54) is 0 Å². The molecule has 2 N–H and O–H groups in total. The average Bonchev–Trinajstić information content (AvgIpc) is 2.40. The van der Waals surface area contributed by atoms with E-state index in [1.807, 2.05) is 42.5 Å². The van der Waals surface area contributed by atoms with Crippen LogP contribution in [0.25, 0.3) is 0 Å². The third-order valence-electron chi connectivity index (χ3n) is 2.61. The number of halogens is 1. The van der Waals surface area contributed by atoms with E-state index < -0.39 is 12.0 Å². The lowest BCUT2D eigenvalue weighted by atomic mass is 10.1. The summed E-state index contributed by atoms with van der Waals surface area (Å²) in [5.74, 6) is 0.0865. The number of hydrogen-bond donors (Lipinski definition) is 1. The molecule has 0 amide bonds. The molecule has 0 saturated heterocycles. The number of benzene rings is 2. The maximum atomic E-state index is 11.8. The predicted molar refractivity (Wildman–Crippen MR) is 77.9 cm³/mol. The highest BCUT2D eigenvalue weighted by Crippen LogP contribution is 2.14. The quantitative estimate of drug-likeness (QED) is 0.696. The molecule has 2 aromatic rings. The zero-order valence-corrected chi connectivity index (χ0v) is 11.8. The molecule has 0 aliphatic carbocycles. The molecule has 0 aliphatic rings. The summed E-state index contributed by atoms with van der Waals surface area (Å²) in [5.41, 5.74) is 6.85. The van der Waals surface area contributed by atoms with Crippen LogP contribution >= 0.6 is 15.9 Å². The van der Waals surface area contributed by atoms with Gasteiger partial charge in [-0.15, -0.1) is 0 Å². The molecule has 0 saturated carbocycles. The number of esters is 1. The largest absolute Gasteiger partial charge is 0.425 e. The SMILES string of the molecule is N[C@H](Cc1cccc(Br)c1)C(=O)Oc1ccccc1. The van der Waals surface area contributed by atoms with E-state index in [4.69, 9.17) is 10.5 Å². The van der Waals surface area contributed by atoms with Gasteiger partial charge in [-0.25, -0.2) is 4.79 Å². The second-order valence-corrected chi connectivity index (χ2v) is 5.09. The van der Waals surface area contributed by atoms with Gasteiger partial charge in [-0.1, -0.05) is 46.3 Å². The fourth-order valence-corrected chi connectivity index (χ4v) is 2.13. The smallest absolute Gasteiger partial charge is 0.328 e. The molecule has 19 heavy (non-hydrogen) atoms. The summed E-state index contributed by atoms with van der Waals surface area (Å²) >= 11 is 3.39. The third kappa shape index (κ3) is 4.19. The molecule has 1 atom stereocenters. The lowest BCUT2D eigenvalue weighted by Crippen LogP contribution is -2.36. The maximum Gasteiger partial charge on any atom is 0.328 e. The van der Waals surface area contributed by atoms with E-state index >= 15 is 0 Å². The first-order chi connectivity index (χ1) is 9.15. The molecule has 4 heteroatoms. The lowest BCUT2D eigenvalue weighted by Gasteiger charge is -2.11. The van der Waals surface area contributed by atoms with Crippen LogP contribution < -0.4 is 10.5 Å². The van der Waals surface area contributed by atoms with Crippen molar-refractivity contribution in [2.24, 2.45) is 5.73 Å². The van der Waals surface area contributed by atoms with Gasteiger partial charge in [0, 0.05) is 4.47 Å². The lowest BCUT2D eigenvalue weighted by molar-refractivity contribution is -0.135. The van der Waals surface area contributed by atoms with Gasteiger partial charge >= 0.3 is 5.97 Å². The second-order valence-electron chi connectivity index (χ2n) is 4.17. The Labute approximate surface area is 120 Å². The highest BCUT2D eigenvalue weighted by atomic mass is 79.9. The minimum atomic E-state index is -0.672. The van der Waals surface area contributed by atoms with Crippen molar-refractivity contribution in [3.05, 3.63) is 64.6 Å². The van der Waals surface area contributed by atoms with Gasteiger partial charge < -0.3 is 10.5 Å². The summed E-state index contributed by atoms with van der Waals surface area (Å²) in [6, 6.07) is 16.0. The van der Waals surface area contributed by atoms with Crippen LogP contribution in [0.3, 0.4) is 0 Å². The standard InChI is InChI=1S/C15H14BrNO2/c16-12-6-4-5-11(9-12)10-14(17)15(18)19-13-7-2-1-3-8-13/h1-9,14H,10,17H2/t14-/m1/s1. The topological polar surface area (TPSA) is 52.3 Å². The van der Waals surface area contributed by atoms with Crippen molar-refractivity contribution in [3.63, 3.8) is 0 Å². The van der Waals surface area contributed by atoms with Crippen molar-refractivity contribution in [1.82, 2.24) is 0 Å². The van der Waals surface area contributed by atoms with Crippen LogP contribution in [-0.2, 0) is 11.2 Å². The summed E-state index contributed by atoms with van der Waals surface area (Å²) in [6.45, 7) is 0. The van der Waals surface area contributed by atoms with E-state index in [0.717, 1.165) is 10.0 Å². The van der Waals surface area contributed by atoms with Crippen LogP contribution in [0.4, 0.5) is 0 Å². The molecule has 0 spiro atoms. The zero-order chi connectivity index (χ0) is 13.7. The van der Waals surface area contributed by atoms with Crippen LogP contribution in [0.15, 0.2) is 59.1 Å². The van der Waals surface area contributed by atoms with Gasteiger partial charge in [-0.05, 0) is 36.2 Å². The van der Waals surface area contributed by atoms with E-state index in [0.29, 0.717) is 12.2 Å². The van der Waals surface area contributed by atoms with Crippen LogP contribution in [0.1, 0.15) is 5.56 Å². The molecular formula is C15H14BrNO2. The minimum Gasteiger partial charge on any atom is -0.425 e. The first-order valence-corrected chi connectivity index (χ1v) is 6.71. The van der Waals surface area contributed by atoms with Crippen molar-refractivity contribution in [2.75, 3.05) is 0 Å². The third-order valence-corrected chi connectivity index (χ3v) is 3.10. The minimum absolute atomic E-state index is 0.425. The summed E-state index contributed by atoms with van der Waals surface area (Å²) in [4.78, 5) is 11.8. The molecule has 0 fully saturated rings. The molecule has 0 aromatic heterocycles. The van der Waals surface area contributed by atoms with Crippen LogP contribution in [0.2, 0.25) is 0 Å². The molecule has 0 bridgehead atoms. The number of para-hydroxylation sites is 1. The Morgan fingerprint density at radius 2 is 1.89 bits per heavy atom. The van der Waals surface area contributed by atoms with Crippen molar-refractivity contribution < 1.29 is 9.53 Å². The molecule has 2 rings (SSSR count). The van der Waals surface area contributed by atoms with Gasteiger partial charge in [0.25, 0.3) is 0 Å². The number of nitrogens with two attached hydrogens (primary N) is 1. The highest BCUT2D eigenvalue weighted by molar-refractivity contribution is 9.10. The van der Waals surface area contributed by atoms with Crippen LogP contribution in [-0.4, -0.2) is 12.0 Å². The van der Waals surface area contributed by atoms with Gasteiger partial charge in [-0.3, -0.25) is 0 Å². The number of ether oxygens (including phenoxy) is 1. The Morgan fingerprint density at radius 1 is 1.16 bits per heavy atom. The van der Waals surface area contributed by atoms with Gasteiger partial charge in [0.2, 0.25) is 0 Å². The Hall–Kier alpha value is -1.65. The summed E-state index contributed by atoms with van der Waals surface area (Å²) in [5, 5.41) is 0. The first-order valence-electron chi connectivity index (χ1n) is 5.92. The number of rotatable bonds is 4. The van der Waals surface area contributed by atoms with Crippen molar-refractivity contribution in [2.45, 2.75) is 12.5 Å². The van der Waals surface area contributed by atoms with Gasteiger partial charge in [-0.2, -0.15) is 0 Å². The first kappa shape index (κ1) is 13.8. The predicted octanol–water partition coefficient (Wildman–Crippen LogP) is 2.92. The van der Waals surface area contributed by atoms with E-state index in [9.17, 15) is 4.79 Å². The maximum absolute atomic E-state index is 11.8. The summed E-state index contributed by atoms with van der Waals surface area (Å²) in [7, 11) is 0. The molecule has 0 radical (unpaired) electrons. The fraction of sp³-hybridized carbons (Fsp3) is 0.133. The zero-order valence-electron chi connectivity index (χ0n) is 10.3. The second kappa shape index (κ2) is 6.50. The van der Waals surface area contributed by atoms with Gasteiger partial charge in [0.1, 0.15) is 11.8 Å². The Kier molecular flexibility index (Phi) is 4.71. The highest BCUT2D eigenvalue weighted by Gasteiger charge is 2.16. The molecule has 0 aliphatic heterocycles. The monoisotopic (exact) mass is 319 g/mol. The Balaban J connectivity index is 1.96. The Morgan fingerprint density at radius 3 is 2.58 bits per heavy atom. The fourth-order valence-electron chi connectivity index (χ4n) is 1.68. The van der Waals surface area contributed by atoms with Crippen molar-refractivity contribution in [3.8, 4) is 5.75 Å². The number of hydrogen-bond acceptors (Lipinski definition) is 3. The number of carbonyl (C=O) groups excluding carboxylic acids is 1. The molecule has 2 aromatic carbocycles. The molecule has 3 nitrogen and oxygen atoms in total. The van der Waals surface area contributed by atoms with E-state index in [2.05, 4.69) is 15.9 Å². The van der Waals surface area contributed by atoms with Crippen LogP contribution in [0, 0.1) is 0 Å². The normalized spacial score (nSPS) is 11.9. The van der Waals surface area contributed by atoms with Crippen molar-refractivity contribution in [1.29, 1.82) is 0 Å². The molecule has 0 unspecified atom stereocenters. The average molecular weight is 320 g/mol. The van der Waals surface area contributed by atoms with E-state index in [1.54, 1.807) is 12.1 Å². The Bertz CT molecular complexity index is 557. The molecular weight excluding hydrogens is 306 g/mol. The van der Waals surface area contributed by atoms with Gasteiger partial charge in [0.15, 0.2) is 0 Å². The molecule has 98 valence electrons. The number of carbonyl (C=O) groups is 1. The summed E-state index contributed by atoms with van der Waals surface area (Å²) < 4.78 is 6.17. The van der Waals surface area contributed by atoms with Gasteiger partial charge in [0.05, 0.1) is 0 Å². The van der Waals surface area contributed by atoms with E-state index in [-0.39, 0.29) is 0 Å².